The number of nitrogens with zero attached hydrogens (tertiary/aromatic N) is 1. The highest BCUT2D eigenvalue weighted by atomic mass is 16.5. The molecule has 2 saturated carbocycles. The first-order valence-corrected chi connectivity index (χ1v) is 9.09. The third-order valence-electron chi connectivity index (χ3n) is 6.04. The number of likely N-dealkylation sites (tertiary alicyclic amines) is 1. The van der Waals surface area contributed by atoms with Crippen LogP contribution < -0.4 is 0 Å². The van der Waals surface area contributed by atoms with Gasteiger partial charge in [0, 0.05) is 12.5 Å². The van der Waals surface area contributed by atoms with Crippen LogP contribution in [0.25, 0.3) is 0 Å². The van der Waals surface area contributed by atoms with E-state index in [9.17, 15) is 9.59 Å². The van der Waals surface area contributed by atoms with E-state index < -0.39 is 0 Å². The molecule has 3 atom stereocenters. The second kappa shape index (κ2) is 7.01. The highest BCUT2D eigenvalue weighted by Crippen LogP contribution is 2.41. The van der Waals surface area contributed by atoms with Gasteiger partial charge in [-0.1, -0.05) is 32.1 Å². The fourth-order valence-electron chi connectivity index (χ4n) is 4.91. The molecule has 3 rings (SSSR count). The Labute approximate surface area is 133 Å². The highest BCUT2D eigenvalue weighted by Gasteiger charge is 2.47. The minimum absolute atomic E-state index is 0.205. The first-order valence-electron chi connectivity index (χ1n) is 9.09. The van der Waals surface area contributed by atoms with Crippen LogP contribution in [0.3, 0.4) is 0 Å². The molecule has 0 N–H and O–H groups in total. The number of hydrogen-bond donors (Lipinski definition) is 0. The zero-order valence-corrected chi connectivity index (χ0v) is 13.8. The zero-order valence-electron chi connectivity index (χ0n) is 13.8. The van der Waals surface area contributed by atoms with Gasteiger partial charge in [-0.15, -0.1) is 0 Å². The Hall–Kier alpha value is -1.06. The van der Waals surface area contributed by atoms with E-state index in [0.29, 0.717) is 18.3 Å². The van der Waals surface area contributed by atoms with Crippen molar-refractivity contribution < 1.29 is 14.3 Å². The number of hydrogen-bond acceptors (Lipinski definition) is 3. The summed E-state index contributed by atoms with van der Waals surface area (Å²) in [6.45, 7) is 0. The molecule has 1 aliphatic heterocycles. The molecule has 3 fully saturated rings. The second-order valence-electron chi connectivity index (χ2n) is 7.40. The number of carbonyl (C=O) groups is 2. The minimum Gasteiger partial charge on any atom is -0.467 e. The summed E-state index contributed by atoms with van der Waals surface area (Å²) in [6, 6.07) is -0.0388. The molecule has 0 spiro atoms. The van der Waals surface area contributed by atoms with Crippen molar-refractivity contribution in [3.8, 4) is 0 Å². The van der Waals surface area contributed by atoms with Gasteiger partial charge in [0.1, 0.15) is 6.04 Å². The molecule has 1 amide bonds. The van der Waals surface area contributed by atoms with Crippen LogP contribution in [-0.4, -0.2) is 36.0 Å². The Morgan fingerprint density at radius 2 is 1.68 bits per heavy atom. The lowest BCUT2D eigenvalue weighted by Gasteiger charge is -2.34. The van der Waals surface area contributed by atoms with Crippen molar-refractivity contribution in [2.75, 3.05) is 7.11 Å². The number of amides is 1. The highest BCUT2D eigenvalue weighted by molar-refractivity contribution is 5.85. The summed E-state index contributed by atoms with van der Waals surface area (Å²) in [4.78, 5) is 27.0. The summed E-state index contributed by atoms with van der Waals surface area (Å²) in [5.41, 5.74) is 0. The quantitative estimate of drug-likeness (QED) is 0.752. The van der Waals surface area contributed by atoms with Crippen LogP contribution in [0.2, 0.25) is 0 Å². The molecule has 3 aliphatic rings. The average Bonchev–Trinajstić information content (AvgIpc) is 2.94. The molecule has 2 aliphatic carbocycles. The molecule has 0 aromatic carbocycles. The van der Waals surface area contributed by atoms with E-state index in [4.69, 9.17) is 4.74 Å². The smallest absolute Gasteiger partial charge is 0.328 e. The summed E-state index contributed by atoms with van der Waals surface area (Å²) in [5, 5.41) is 0. The SMILES string of the molecule is COC(=O)[C@@H]1C[C@H]2CCCC[C@H]2N1C(=O)CC1CCCCC1. The van der Waals surface area contributed by atoms with Crippen molar-refractivity contribution in [2.24, 2.45) is 11.8 Å². The Balaban J connectivity index is 1.71. The first kappa shape index (κ1) is 15.8. The van der Waals surface area contributed by atoms with E-state index in [-0.39, 0.29) is 24.0 Å². The van der Waals surface area contributed by atoms with Crippen LogP contribution in [0.4, 0.5) is 0 Å². The van der Waals surface area contributed by atoms with Gasteiger partial charge in [0.05, 0.1) is 7.11 Å². The lowest BCUT2D eigenvalue weighted by atomic mass is 9.84. The maximum atomic E-state index is 12.9. The van der Waals surface area contributed by atoms with E-state index in [1.807, 2.05) is 4.90 Å². The van der Waals surface area contributed by atoms with Gasteiger partial charge in [0.25, 0.3) is 0 Å². The molecule has 1 heterocycles. The van der Waals surface area contributed by atoms with Gasteiger partial charge in [-0.3, -0.25) is 4.79 Å². The van der Waals surface area contributed by atoms with Gasteiger partial charge >= 0.3 is 5.97 Å². The van der Waals surface area contributed by atoms with Crippen molar-refractivity contribution in [1.29, 1.82) is 0 Å². The zero-order chi connectivity index (χ0) is 15.5. The third kappa shape index (κ3) is 3.16. The number of esters is 1. The Morgan fingerprint density at radius 1 is 1.00 bits per heavy atom. The van der Waals surface area contributed by atoms with Crippen LogP contribution >= 0.6 is 0 Å². The summed E-state index contributed by atoms with van der Waals surface area (Å²) < 4.78 is 4.98. The lowest BCUT2D eigenvalue weighted by Crippen LogP contribution is -2.47. The molecule has 0 radical (unpaired) electrons. The molecule has 0 aromatic rings. The van der Waals surface area contributed by atoms with Gasteiger partial charge in [-0.05, 0) is 43.9 Å². The van der Waals surface area contributed by atoms with Gasteiger partial charge in [-0.25, -0.2) is 4.79 Å². The van der Waals surface area contributed by atoms with E-state index in [1.54, 1.807) is 0 Å². The maximum Gasteiger partial charge on any atom is 0.328 e. The number of rotatable bonds is 3. The van der Waals surface area contributed by atoms with E-state index in [2.05, 4.69) is 0 Å². The third-order valence-corrected chi connectivity index (χ3v) is 6.04. The molecule has 0 unspecified atom stereocenters. The van der Waals surface area contributed by atoms with Crippen LogP contribution in [-0.2, 0) is 14.3 Å². The number of methoxy groups -OCH3 is 1. The largest absolute Gasteiger partial charge is 0.467 e. The topological polar surface area (TPSA) is 46.6 Å². The molecule has 0 aromatic heterocycles. The van der Waals surface area contributed by atoms with Gasteiger partial charge in [-0.2, -0.15) is 0 Å². The van der Waals surface area contributed by atoms with Gasteiger partial charge in [0.15, 0.2) is 0 Å². The summed E-state index contributed by atoms with van der Waals surface area (Å²) in [5.74, 6) is 1.03. The molecule has 1 saturated heterocycles. The summed E-state index contributed by atoms with van der Waals surface area (Å²) >= 11 is 0. The minimum atomic E-state index is -0.325. The Kier molecular flexibility index (Phi) is 5.04. The predicted octanol–water partition coefficient (Wildman–Crippen LogP) is 3.29. The summed E-state index contributed by atoms with van der Waals surface area (Å²) in [6.07, 6.45) is 12.3. The van der Waals surface area contributed by atoms with Crippen molar-refractivity contribution in [1.82, 2.24) is 4.90 Å². The summed E-state index contributed by atoms with van der Waals surface area (Å²) in [7, 11) is 1.44. The van der Waals surface area contributed by atoms with E-state index in [0.717, 1.165) is 19.3 Å². The van der Waals surface area contributed by atoms with Crippen molar-refractivity contribution in [2.45, 2.75) is 82.7 Å². The average molecular weight is 307 g/mol. The Bertz CT molecular complexity index is 417. The van der Waals surface area contributed by atoms with E-state index in [1.165, 1.54) is 52.1 Å². The van der Waals surface area contributed by atoms with Crippen molar-refractivity contribution >= 4 is 11.9 Å². The maximum absolute atomic E-state index is 12.9. The van der Waals surface area contributed by atoms with Crippen LogP contribution in [0.15, 0.2) is 0 Å². The normalized spacial score (nSPS) is 32.6. The fraction of sp³-hybridized carbons (Fsp3) is 0.889. The first-order chi connectivity index (χ1) is 10.7. The molecule has 4 nitrogen and oxygen atoms in total. The Morgan fingerprint density at radius 3 is 2.41 bits per heavy atom. The predicted molar refractivity (Wildman–Crippen MR) is 84.2 cm³/mol. The molecule has 22 heavy (non-hydrogen) atoms. The standard InChI is InChI=1S/C18H29NO3/c1-22-18(21)16-12-14-9-5-6-10-15(14)19(16)17(20)11-13-7-3-2-4-8-13/h13-16H,2-12H2,1H3/t14-,15-,16+/m1/s1. The molecular weight excluding hydrogens is 278 g/mol. The van der Waals surface area contributed by atoms with Crippen molar-refractivity contribution in [3.05, 3.63) is 0 Å². The number of ether oxygens (including phenoxy) is 1. The van der Waals surface area contributed by atoms with Crippen LogP contribution in [0, 0.1) is 11.8 Å². The van der Waals surface area contributed by atoms with E-state index >= 15 is 0 Å². The van der Waals surface area contributed by atoms with Crippen LogP contribution in [0.5, 0.6) is 0 Å². The molecule has 0 bridgehead atoms. The number of fused-ring (bicyclic) bond motifs is 1. The van der Waals surface area contributed by atoms with Gasteiger partial charge < -0.3 is 9.64 Å². The monoisotopic (exact) mass is 307 g/mol. The molecule has 4 heteroatoms. The van der Waals surface area contributed by atoms with Gasteiger partial charge in [0.2, 0.25) is 5.91 Å². The molecule has 124 valence electrons. The van der Waals surface area contributed by atoms with Crippen LogP contribution in [0.1, 0.15) is 70.6 Å². The number of carbonyl (C=O) groups excluding carboxylic acids is 2. The van der Waals surface area contributed by atoms with Crippen molar-refractivity contribution in [3.63, 3.8) is 0 Å². The molecular formula is C18H29NO3. The fourth-order valence-corrected chi connectivity index (χ4v) is 4.91. The second-order valence-corrected chi connectivity index (χ2v) is 7.40. The lowest BCUT2D eigenvalue weighted by molar-refractivity contribution is -0.152.